The molecule has 1 fully saturated rings. The number of halogens is 1. The Morgan fingerprint density at radius 2 is 1.91 bits per heavy atom. The number of carbonyl (C=O) groups is 1. The normalized spacial score (nSPS) is 22.5. The Morgan fingerprint density at radius 1 is 1.29 bits per heavy atom. The summed E-state index contributed by atoms with van der Waals surface area (Å²) in [7, 11) is -1.62. The topological polar surface area (TPSA) is 102 Å². The Kier molecular flexibility index (Phi) is 10.5. The van der Waals surface area contributed by atoms with Crippen LogP contribution in [0.15, 0.2) is 66.9 Å². The molecular formula is C24H30ClNO7S. The lowest BCUT2D eigenvalue weighted by Crippen LogP contribution is -2.44. The monoisotopic (exact) mass is 511 g/mol. The van der Waals surface area contributed by atoms with Gasteiger partial charge in [0, 0.05) is 31.1 Å². The summed E-state index contributed by atoms with van der Waals surface area (Å²) < 4.78 is 42.8. The van der Waals surface area contributed by atoms with Crippen LogP contribution >= 0.6 is 11.6 Å². The van der Waals surface area contributed by atoms with Gasteiger partial charge in [0.1, 0.15) is 6.61 Å². The van der Waals surface area contributed by atoms with Gasteiger partial charge < -0.3 is 19.1 Å². The van der Waals surface area contributed by atoms with Crippen molar-refractivity contribution >= 4 is 33.8 Å². The van der Waals surface area contributed by atoms with Gasteiger partial charge in [-0.3, -0.25) is 4.55 Å². The SMILES string of the molecule is C=CC(=O)OCC1(CCl)COC(c2ccc(C=CC3=CCN(C)C=C3)cc2)OC1.CS(=O)(=O)O. The first kappa shape index (κ1) is 27.8. The number of ether oxygens (including phenoxy) is 3. The largest absolute Gasteiger partial charge is 0.462 e. The molecule has 0 saturated carbocycles. The van der Waals surface area contributed by atoms with Crippen LogP contribution in [0.25, 0.3) is 6.08 Å². The molecule has 1 aromatic carbocycles. The van der Waals surface area contributed by atoms with Crippen LogP contribution < -0.4 is 0 Å². The number of esters is 1. The van der Waals surface area contributed by atoms with Crippen LogP contribution in [0.5, 0.6) is 0 Å². The molecule has 3 rings (SSSR count). The van der Waals surface area contributed by atoms with E-state index in [9.17, 15) is 13.2 Å². The van der Waals surface area contributed by atoms with E-state index in [2.05, 4.69) is 42.0 Å². The molecule has 2 aliphatic rings. The highest BCUT2D eigenvalue weighted by Gasteiger charge is 2.38. The average molecular weight is 512 g/mol. The fourth-order valence-corrected chi connectivity index (χ4v) is 3.17. The van der Waals surface area contributed by atoms with Crippen LogP contribution in [-0.4, -0.2) is 69.4 Å². The number of hydrogen-bond acceptors (Lipinski definition) is 7. The van der Waals surface area contributed by atoms with E-state index in [-0.39, 0.29) is 12.5 Å². The van der Waals surface area contributed by atoms with Gasteiger partial charge in [0.25, 0.3) is 10.1 Å². The molecule has 34 heavy (non-hydrogen) atoms. The van der Waals surface area contributed by atoms with E-state index in [1.807, 2.05) is 31.3 Å². The van der Waals surface area contributed by atoms with Crippen LogP contribution in [0.3, 0.4) is 0 Å². The maximum atomic E-state index is 11.3. The summed E-state index contributed by atoms with van der Waals surface area (Å²) in [5, 5.41) is 0. The summed E-state index contributed by atoms with van der Waals surface area (Å²) in [5.74, 6) is -0.208. The van der Waals surface area contributed by atoms with Crippen molar-refractivity contribution in [3.8, 4) is 0 Å². The molecule has 10 heteroatoms. The Bertz CT molecular complexity index is 1020. The van der Waals surface area contributed by atoms with Gasteiger partial charge in [-0.1, -0.05) is 49.1 Å². The van der Waals surface area contributed by atoms with Gasteiger partial charge in [-0.25, -0.2) is 4.79 Å². The lowest BCUT2D eigenvalue weighted by Gasteiger charge is -2.38. The van der Waals surface area contributed by atoms with Crippen LogP contribution in [0.4, 0.5) is 0 Å². The predicted octanol–water partition coefficient (Wildman–Crippen LogP) is 3.59. The number of alkyl halides is 1. The van der Waals surface area contributed by atoms with Gasteiger partial charge in [0.05, 0.1) is 24.9 Å². The van der Waals surface area contributed by atoms with E-state index in [1.165, 1.54) is 5.57 Å². The second-order valence-corrected chi connectivity index (χ2v) is 9.83. The fraction of sp³-hybridized carbons (Fsp3) is 0.375. The summed E-state index contributed by atoms with van der Waals surface area (Å²) in [5.41, 5.74) is 2.69. The fourth-order valence-electron chi connectivity index (χ4n) is 2.94. The Balaban J connectivity index is 0.000000739. The van der Waals surface area contributed by atoms with E-state index in [4.69, 9.17) is 30.4 Å². The van der Waals surface area contributed by atoms with Gasteiger partial charge in [-0.15, -0.1) is 11.6 Å². The molecule has 2 aliphatic heterocycles. The highest BCUT2D eigenvalue weighted by molar-refractivity contribution is 7.85. The predicted molar refractivity (Wildman–Crippen MR) is 132 cm³/mol. The summed E-state index contributed by atoms with van der Waals surface area (Å²) in [6, 6.07) is 8.06. The van der Waals surface area contributed by atoms with Crippen molar-refractivity contribution in [2.45, 2.75) is 6.29 Å². The van der Waals surface area contributed by atoms with Gasteiger partial charge in [-0.2, -0.15) is 8.42 Å². The molecule has 0 amide bonds. The number of nitrogens with zero attached hydrogens (tertiary/aromatic N) is 1. The van der Waals surface area contributed by atoms with Crippen LogP contribution in [0.2, 0.25) is 0 Å². The molecule has 186 valence electrons. The zero-order valence-electron chi connectivity index (χ0n) is 19.2. The molecule has 0 aromatic heterocycles. The number of likely N-dealkylation sites (N-methyl/N-ethyl adjacent to an activating group) is 1. The number of carbonyl (C=O) groups excluding carboxylic acids is 1. The van der Waals surface area contributed by atoms with Crippen molar-refractivity contribution < 1.29 is 32.0 Å². The standard InChI is InChI=1S/C23H26ClNO4.CH4O3S/c1-3-21(26)27-15-23(14-24)16-28-22(29-17-23)20-8-6-18(7-9-20)4-5-19-10-12-25(2)13-11-19;1-5(2,3)4/h3-12,22H,1,13-17H2,2H3;1H3,(H,2,3,4). The second-order valence-electron chi connectivity index (χ2n) is 8.09. The minimum atomic E-state index is -3.67. The molecule has 2 heterocycles. The zero-order valence-corrected chi connectivity index (χ0v) is 20.8. The van der Waals surface area contributed by atoms with Crippen molar-refractivity contribution in [1.82, 2.24) is 4.90 Å². The van der Waals surface area contributed by atoms with E-state index in [1.54, 1.807) is 0 Å². The molecule has 0 unspecified atom stereocenters. The third kappa shape index (κ3) is 9.82. The number of hydrogen-bond donors (Lipinski definition) is 1. The van der Waals surface area contributed by atoms with Crippen molar-refractivity contribution in [2.75, 3.05) is 45.5 Å². The maximum Gasteiger partial charge on any atom is 0.330 e. The van der Waals surface area contributed by atoms with Crippen LogP contribution in [-0.2, 0) is 29.1 Å². The molecule has 1 N–H and O–H groups in total. The van der Waals surface area contributed by atoms with E-state index >= 15 is 0 Å². The van der Waals surface area contributed by atoms with Crippen molar-refractivity contribution in [3.05, 3.63) is 78.0 Å². The Labute approximate surface area is 205 Å². The highest BCUT2D eigenvalue weighted by atomic mass is 35.5. The molecule has 0 radical (unpaired) electrons. The first-order valence-corrected chi connectivity index (χ1v) is 12.8. The molecule has 8 nitrogen and oxygen atoms in total. The smallest absolute Gasteiger partial charge is 0.330 e. The number of rotatable bonds is 7. The molecule has 0 bridgehead atoms. The summed E-state index contributed by atoms with van der Waals surface area (Å²) in [4.78, 5) is 13.4. The first-order valence-electron chi connectivity index (χ1n) is 10.4. The van der Waals surface area contributed by atoms with E-state index in [0.29, 0.717) is 19.5 Å². The molecule has 1 aromatic rings. The minimum Gasteiger partial charge on any atom is -0.462 e. The van der Waals surface area contributed by atoms with E-state index in [0.717, 1.165) is 23.7 Å². The Hall–Kier alpha value is -2.43. The minimum absolute atomic E-state index is 0.137. The molecule has 1 saturated heterocycles. The summed E-state index contributed by atoms with van der Waals surface area (Å²) in [6.45, 7) is 5.15. The third-order valence-corrected chi connectivity index (χ3v) is 5.43. The lowest BCUT2D eigenvalue weighted by atomic mass is 9.93. The average Bonchev–Trinajstić information content (AvgIpc) is 2.82. The third-order valence-electron chi connectivity index (χ3n) is 4.87. The maximum absolute atomic E-state index is 11.3. The van der Waals surface area contributed by atoms with E-state index < -0.39 is 27.8 Å². The highest BCUT2D eigenvalue weighted by Crippen LogP contribution is 2.33. The second kappa shape index (κ2) is 12.9. The quantitative estimate of drug-likeness (QED) is 0.256. The van der Waals surface area contributed by atoms with Crippen molar-refractivity contribution in [1.29, 1.82) is 0 Å². The molecule has 0 aliphatic carbocycles. The van der Waals surface area contributed by atoms with Gasteiger partial charge >= 0.3 is 5.97 Å². The van der Waals surface area contributed by atoms with Crippen LogP contribution in [0.1, 0.15) is 17.4 Å². The van der Waals surface area contributed by atoms with Crippen LogP contribution in [0, 0.1) is 5.41 Å². The lowest BCUT2D eigenvalue weighted by molar-refractivity contribution is -0.237. The molecule has 0 atom stereocenters. The number of allylic oxidation sites excluding steroid dienone is 3. The first-order chi connectivity index (χ1) is 16.0. The zero-order chi connectivity index (χ0) is 25.2. The van der Waals surface area contributed by atoms with Crippen molar-refractivity contribution in [3.63, 3.8) is 0 Å². The summed E-state index contributed by atoms with van der Waals surface area (Å²) in [6.07, 6.45) is 11.9. The Morgan fingerprint density at radius 3 is 2.41 bits per heavy atom. The van der Waals surface area contributed by atoms with Gasteiger partial charge in [0.2, 0.25) is 0 Å². The van der Waals surface area contributed by atoms with Gasteiger partial charge in [-0.05, 0) is 23.4 Å². The molecular weight excluding hydrogens is 482 g/mol. The number of benzene rings is 1. The van der Waals surface area contributed by atoms with Gasteiger partial charge in [0.15, 0.2) is 6.29 Å². The molecule has 0 spiro atoms. The summed E-state index contributed by atoms with van der Waals surface area (Å²) >= 11 is 6.09. The van der Waals surface area contributed by atoms with Crippen molar-refractivity contribution in [2.24, 2.45) is 5.41 Å².